The third kappa shape index (κ3) is 1.86. The lowest BCUT2D eigenvalue weighted by atomic mass is 10.0. The lowest BCUT2D eigenvalue weighted by Crippen LogP contribution is -2.21. The number of hydrogen-bond donors (Lipinski definition) is 2. The smallest absolute Gasteiger partial charge is 0.159 e. The molecule has 2 heterocycles. The number of aliphatic hydroxyl groups excluding tert-OH is 1. The van der Waals surface area contributed by atoms with Gasteiger partial charge in [-0.25, -0.2) is 0 Å². The minimum atomic E-state index is -0.294. The molecule has 1 aromatic rings. The molecule has 0 amide bonds. The van der Waals surface area contributed by atoms with E-state index in [0.29, 0.717) is 19.8 Å². The third-order valence-corrected chi connectivity index (χ3v) is 3.87. The number of hydrogen-bond acceptors (Lipinski definition) is 5. The van der Waals surface area contributed by atoms with E-state index in [1.54, 1.807) is 0 Å². The first-order valence-electron chi connectivity index (χ1n) is 6.17. The Kier molecular flexibility index (Phi) is 2.85. The average Bonchev–Trinajstić information content (AvgIpc) is 2.92. The van der Waals surface area contributed by atoms with Crippen LogP contribution in [0.3, 0.4) is 0 Å². The summed E-state index contributed by atoms with van der Waals surface area (Å²) in [5.41, 5.74) is 5.65. The fourth-order valence-corrected chi connectivity index (χ4v) is 2.89. The van der Waals surface area contributed by atoms with Gasteiger partial charge in [-0.05, 0) is 25.3 Å². The van der Waals surface area contributed by atoms with E-state index >= 15 is 0 Å². The van der Waals surface area contributed by atoms with Gasteiger partial charge in [0.1, 0.15) is 12.4 Å². The molecule has 1 aliphatic heterocycles. The van der Waals surface area contributed by atoms with E-state index in [4.69, 9.17) is 10.5 Å². The van der Waals surface area contributed by atoms with Gasteiger partial charge in [-0.2, -0.15) is 0 Å². The second-order valence-electron chi connectivity index (χ2n) is 4.91. The standard InChI is InChI=1S/C11H18N4O2/c12-5-8-3-7(4-9(8)16)11-14-13-10-6-17-2-1-15(10)11/h7-9,16H,1-6,12H2/t7-,8+,9+/m1/s1. The Bertz CT molecular complexity index is 406. The first-order valence-corrected chi connectivity index (χ1v) is 6.17. The molecule has 1 fully saturated rings. The van der Waals surface area contributed by atoms with Crippen molar-refractivity contribution in [3.05, 3.63) is 11.6 Å². The predicted molar refractivity (Wildman–Crippen MR) is 60.2 cm³/mol. The van der Waals surface area contributed by atoms with Gasteiger partial charge in [0.05, 0.1) is 12.7 Å². The van der Waals surface area contributed by atoms with Gasteiger partial charge in [0.2, 0.25) is 0 Å². The Morgan fingerprint density at radius 1 is 1.41 bits per heavy atom. The maximum absolute atomic E-state index is 9.90. The minimum Gasteiger partial charge on any atom is -0.393 e. The average molecular weight is 238 g/mol. The Morgan fingerprint density at radius 2 is 2.29 bits per heavy atom. The topological polar surface area (TPSA) is 86.2 Å². The van der Waals surface area contributed by atoms with Gasteiger partial charge in [-0.1, -0.05) is 0 Å². The molecule has 0 saturated heterocycles. The molecule has 6 heteroatoms. The van der Waals surface area contributed by atoms with Crippen LogP contribution in [-0.4, -0.2) is 39.1 Å². The van der Waals surface area contributed by atoms with E-state index < -0.39 is 0 Å². The molecule has 0 spiro atoms. The van der Waals surface area contributed by atoms with Crippen LogP contribution in [0.4, 0.5) is 0 Å². The largest absolute Gasteiger partial charge is 0.393 e. The Labute approximate surface area is 99.8 Å². The van der Waals surface area contributed by atoms with Crippen LogP contribution in [0.1, 0.15) is 30.4 Å². The van der Waals surface area contributed by atoms with Crippen LogP contribution in [0.15, 0.2) is 0 Å². The van der Waals surface area contributed by atoms with Gasteiger partial charge in [0.15, 0.2) is 5.82 Å². The van der Waals surface area contributed by atoms with Crippen molar-refractivity contribution in [2.75, 3.05) is 13.2 Å². The SMILES string of the molecule is NC[C@@H]1C[C@@H](c2nnc3n2CCOC3)C[C@@H]1O. The van der Waals surface area contributed by atoms with E-state index in [1.807, 2.05) is 0 Å². The second-order valence-corrected chi connectivity index (χ2v) is 4.91. The first kappa shape index (κ1) is 11.1. The lowest BCUT2D eigenvalue weighted by molar-refractivity contribution is 0.0801. The normalized spacial score (nSPS) is 32.7. The number of aliphatic hydroxyl groups is 1. The van der Waals surface area contributed by atoms with Crippen molar-refractivity contribution in [2.24, 2.45) is 11.7 Å². The molecule has 0 bridgehead atoms. The fourth-order valence-electron chi connectivity index (χ4n) is 2.89. The number of fused-ring (bicyclic) bond motifs is 1. The Morgan fingerprint density at radius 3 is 3.06 bits per heavy atom. The van der Waals surface area contributed by atoms with Crippen molar-refractivity contribution >= 4 is 0 Å². The van der Waals surface area contributed by atoms with Crippen LogP contribution in [0.5, 0.6) is 0 Å². The monoisotopic (exact) mass is 238 g/mol. The summed E-state index contributed by atoms with van der Waals surface area (Å²) in [5, 5.41) is 18.3. The van der Waals surface area contributed by atoms with Crippen LogP contribution in [0, 0.1) is 5.92 Å². The van der Waals surface area contributed by atoms with E-state index in [9.17, 15) is 5.11 Å². The van der Waals surface area contributed by atoms with Gasteiger partial charge in [0.25, 0.3) is 0 Å². The summed E-state index contributed by atoms with van der Waals surface area (Å²) >= 11 is 0. The predicted octanol–water partition coefficient (Wildman–Crippen LogP) is -0.379. The number of ether oxygens (including phenoxy) is 1. The van der Waals surface area contributed by atoms with Crippen molar-refractivity contribution in [3.8, 4) is 0 Å². The number of rotatable bonds is 2. The van der Waals surface area contributed by atoms with Gasteiger partial charge in [0, 0.05) is 12.5 Å². The molecule has 1 aromatic heterocycles. The van der Waals surface area contributed by atoms with E-state index in [1.165, 1.54) is 0 Å². The quantitative estimate of drug-likeness (QED) is 0.733. The summed E-state index contributed by atoms with van der Waals surface area (Å²) in [5.74, 6) is 2.39. The van der Waals surface area contributed by atoms with E-state index in [2.05, 4.69) is 14.8 Å². The zero-order valence-corrected chi connectivity index (χ0v) is 9.75. The molecule has 0 unspecified atom stereocenters. The summed E-state index contributed by atoms with van der Waals surface area (Å²) in [7, 11) is 0. The highest BCUT2D eigenvalue weighted by Gasteiger charge is 2.36. The van der Waals surface area contributed by atoms with Crippen molar-refractivity contribution in [1.82, 2.24) is 14.8 Å². The maximum Gasteiger partial charge on any atom is 0.159 e. The highest BCUT2D eigenvalue weighted by molar-refractivity contribution is 5.07. The molecule has 94 valence electrons. The van der Waals surface area contributed by atoms with E-state index in [-0.39, 0.29) is 17.9 Å². The zero-order chi connectivity index (χ0) is 11.8. The van der Waals surface area contributed by atoms with Crippen LogP contribution < -0.4 is 5.73 Å². The Hall–Kier alpha value is -0.980. The van der Waals surface area contributed by atoms with Gasteiger partial charge >= 0.3 is 0 Å². The number of nitrogens with zero attached hydrogens (tertiary/aromatic N) is 3. The van der Waals surface area contributed by atoms with Crippen molar-refractivity contribution in [3.63, 3.8) is 0 Å². The highest BCUT2D eigenvalue weighted by Crippen LogP contribution is 2.37. The maximum atomic E-state index is 9.90. The molecule has 1 aliphatic carbocycles. The van der Waals surface area contributed by atoms with Crippen LogP contribution >= 0.6 is 0 Å². The summed E-state index contributed by atoms with van der Waals surface area (Å²) in [6.45, 7) is 2.62. The molecule has 6 nitrogen and oxygen atoms in total. The van der Waals surface area contributed by atoms with Crippen molar-refractivity contribution < 1.29 is 9.84 Å². The van der Waals surface area contributed by atoms with Crippen LogP contribution in [-0.2, 0) is 17.9 Å². The van der Waals surface area contributed by atoms with E-state index in [0.717, 1.165) is 31.0 Å². The molecule has 2 aliphatic rings. The first-order chi connectivity index (χ1) is 8.29. The molecule has 3 N–H and O–H groups in total. The number of nitrogens with two attached hydrogens (primary N) is 1. The molecule has 0 radical (unpaired) electrons. The molecule has 1 saturated carbocycles. The van der Waals surface area contributed by atoms with Gasteiger partial charge in [-0.15, -0.1) is 10.2 Å². The summed E-state index contributed by atoms with van der Waals surface area (Å²) in [6.07, 6.45) is 1.37. The molecule has 3 rings (SSSR count). The highest BCUT2D eigenvalue weighted by atomic mass is 16.5. The number of aromatic nitrogens is 3. The minimum absolute atomic E-state index is 0.202. The van der Waals surface area contributed by atoms with Gasteiger partial charge in [-0.3, -0.25) is 0 Å². The molecule has 17 heavy (non-hydrogen) atoms. The van der Waals surface area contributed by atoms with Crippen LogP contribution in [0.25, 0.3) is 0 Å². The fraction of sp³-hybridized carbons (Fsp3) is 0.818. The lowest BCUT2D eigenvalue weighted by Gasteiger charge is -2.17. The molecular formula is C11H18N4O2. The van der Waals surface area contributed by atoms with Crippen molar-refractivity contribution in [1.29, 1.82) is 0 Å². The summed E-state index contributed by atoms with van der Waals surface area (Å²) in [6, 6.07) is 0. The second kappa shape index (κ2) is 4.36. The summed E-state index contributed by atoms with van der Waals surface area (Å²) in [4.78, 5) is 0. The van der Waals surface area contributed by atoms with Crippen LogP contribution in [0.2, 0.25) is 0 Å². The molecular weight excluding hydrogens is 220 g/mol. The third-order valence-electron chi connectivity index (χ3n) is 3.87. The van der Waals surface area contributed by atoms with Crippen molar-refractivity contribution in [2.45, 2.75) is 38.0 Å². The van der Waals surface area contributed by atoms with Gasteiger partial charge < -0.3 is 20.1 Å². The summed E-state index contributed by atoms with van der Waals surface area (Å²) < 4.78 is 7.48. The molecule has 3 atom stereocenters. The Balaban J connectivity index is 1.83. The zero-order valence-electron chi connectivity index (χ0n) is 9.75. The molecule has 0 aromatic carbocycles.